The third kappa shape index (κ3) is 5.38. The van der Waals surface area contributed by atoms with Gasteiger partial charge in [-0.2, -0.15) is 0 Å². The summed E-state index contributed by atoms with van der Waals surface area (Å²) in [4.78, 5) is 5.16. The molecule has 2 unspecified atom stereocenters. The van der Waals surface area contributed by atoms with Gasteiger partial charge in [-0.15, -0.1) is 0 Å². The van der Waals surface area contributed by atoms with E-state index in [1.54, 1.807) is 0 Å². The number of anilines is 4. The summed E-state index contributed by atoms with van der Waals surface area (Å²) >= 11 is 0. The summed E-state index contributed by atoms with van der Waals surface area (Å²) in [6.07, 6.45) is 11.9. The smallest absolute Gasteiger partial charge is 0.0583 e. The molecule has 0 saturated carbocycles. The highest BCUT2D eigenvalue weighted by atomic mass is 15.2. The van der Waals surface area contributed by atoms with Crippen LogP contribution in [0.4, 0.5) is 22.7 Å². The molecule has 0 N–H and O–H groups in total. The van der Waals surface area contributed by atoms with Crippen LogP contribution in [0, 0.1) is 40.5 Å². The second-order valence-corrected chi connectivity index (χ2v) is 18.8. The van der Waals surface area contributed by atoms with Crippen molar-refractivity contribution < 1.29 is 0 Å². The summed E-state index contributed by atoms with van der Waals surface area (Å²) < 4.78 is 2.70. The normalized spacial score (nSPS) is 19.3. The SMILES string of the molecule is Cc1ccc(N(c2cc(C)cc(C)c2)c2cc3c4c(c2)c2c5n4-c4c(cccc4C3(C)C)C(C)(C)C=5CC(N(C3=CCC(C)C=C3)c3cc(C)cc(C)c3)C=2)cc1. The van der Waals surface area contributed by atoms with Gasteiger partial charge in [0.1, 0.15) is 0 Å². The van der Waals surface area contributed by atoms with Crippen LogP contribution in [-0.2, 0) is 10.8 Å². The van der Waals surface area contributed by atoms with Crippen LogP contribution in [0.2, 0.25) is 0 Å². The van der Waals surface area contributed by atoms with E-state index in [1.165, 1.54) is 106 Å². The van der Waals surface area contributed by atoms with Crippen LogP contribution in [-0.4, -0.2) is 10.6 Å². The fourth-order valence-corrected chi connectivity index (χ4v) is 10.8. The lowest BCUT2D eigenvalue weighted by Gasteiger charge is -2.44. The number of nitrogens with zero attached hydrogens (tertiary/aromatic N) is 3. The van der Waals surface area contributed by atoms with E-state index in [2.05, 4.69) is 199 Å². The largest absolute Gasteiger partial charge is 0.334 e. The molecule has 3 heterocycles. The minimum Gasteiger partial charge on any atom is -0.334 e. The topological polar surface area (TPSA) is 11.4 Å². The maximum atomic E-state index is 2.70. The molecule has 0 bridgehead atoms. The van der Waals surface area contributed by atoms with E-state index in [1.807, 2.05) is 0 Å². The highest BCUT2D eigenvalue weighted by Crippen LogP contribution is 2.52. The van der Waals surface area contributed by atoms with Gasteiger partial charge in [-0.25, -0.2) is 0 Å². The summed E-state index contributed by atoms with van der Waals surface area (Å²) in [5.41, 5.74) is 20.7. The van der Waals surface area contributed by atoms with Crippen LogP contribution >= 0.6 is 0 Å². The number of allylic oxidation sites excluding steroid dienone is 3. The number of fused-ring (bicyclic) bond motifs is 1. The summed E-state index contributed by atoms with van der Waals surface area (Å²) in [6, 6.07) is 35.4. The molecular formula is C54H55N3. The number of hydrogen-bond acceptors (Lipinski definition) is 2. The van der Waals surface area contributed by atoms with Crippen LogP contribution < -0.4 is 20.4 Å². The van der Waals surface area contributed by atoms with Gasteiger partial charge in [0, 0.05) is 49.9 Å². The van der Waals surface area contributed by atoms with Crippen LogP contribution in [0.1, 0.15) is 92.0 Å². The summed E-state index contributed by atoms with van der Waals surface area (Å²) in [5, 5.41) is 4.13. The minimum atomic E-state index is -0.218. The maximum absolute atomic E-state index is 2.70. The predicted octanol–water partition coefficient (Wildman–Crippen LogP) is 12.3. The third-order valence-electron chi connectivity index (χ3n) is 13.6. The molecule has 286 valence electrons. The van der Waals surface area contributed by atoms with Crippen molar-refractivity contribution in [1.29, 1.82) is 0 Å². The van der Waals surface area contributed by atoms with Crippen molar-refractivity contribution in [3.63, 3.8) is 0 Å². The number of hydrogen-bond donors (Lipinski definition) is 0. The highest BCUT2D eigenvalue weighted by Gasteiger charge is 2.45. The molecule has 3 heteroatoms. The molecule has 2 atom stereocenters. The van der Waals surface area contributed by atoms with E-state index in [0.29, 0.717) is 5.92 Å². The Morgan fingerprint density at radius 1 is 0.632 bits per heavy atom. The van der Waals surface area contributed by atoms with Crippen LogP contribution in [0.3, 0.4) is 0 Å². The van der Waals surface area contributed by atoms with Crippen LogP contribution in [0.15, 0.2) is 115 Å². The van der Waals surface area contributed by atoms with Crippen molar-refractivity contribution in [2.75, 3.05) is 9.80 Å². The molecule has 3 nitrogen and oxygen atoms in total. The van der Waals surface area contributed by atoms with Gasteiger partial charge in [-0.1, -0.05) is 101 Å². The van der Waals surface area contributed by atoms with Gasteiger partial charge in [-0.05, 0) is 153 Å². The van der Waals surface area contributed by atoms with Gasteiger partial charge in [0.15, 0.2) is 0 Å². The molecule has 6 aromatic rings. The lowest BCUT2D eigenvalue weighted by atomic mass is 9.67. The monoisotopic (exact) mass is 745 g/mol. The summed E-state index contributed by atoms with van der Waals surface area (Å²) in [6.45, 7) is 23.3. The molecule has 2 aliphatic carbocycles. The second kappa shape index (κ2) is 12.5. The Hall–Kier alpha value is -5.54. The van der Waals surface area contributed by atoms with E-state index in [-0.39, 0.29) is 16.9 Å². The van der Waals surface area contributed by atoms with Crippen LogP contribution in [0.25, 0.3) is 28.2 Å². The fourth-order valence-electron chi connectivity index (χ4n) is 10.8. The van der Waals surface area contributed by atoms with E-state index in [4.69, 9.17) is 0 Å². The fraction of sp³-hybridized carbons (Fsp3) is 0.296. The average Bonchev–Trinajstić information content (AvgIpc) is 3.48. The van der Waals surface area contributed by atoms with Crippen molar-refractivity contribution in [3.8, 4) is 5.69 Å². The molecule has 0 saturated heterocycles. The zero-order valence-corrected chi connectivity index (χ0v) is 35.4. The molecule has 0 fully saturated rings. The van der Waals surface area contributed by atoms with E-state index >= 15 is 0 Å². The van der Waals surface area contributed by atoms with E-state index < -0.39 is 0 Å². The standard InChI is InChI=1S/C54H55N3/c1-32-14-18-38(19-15-32)55(40-24-34(3)22-35(4)25-40)42-28-44-45-29-43(56(39-20-16-33(2)17-21-39)41-26-36(5)23-37(6)27-41)31-49-51(45)57-50(44)48(30-42)53(7,8)46-12-11-13-47(52(46)57)54(49,9)10/h11-16,18-30,33,43H,17,31H2,1-10H3. The number of rotatable bonds is 6. The van der Waals surface area contributed by atoms with Crippen molar-refractivity contribution in [3.05, 3.63) is 170 Å². The molecule has 0 amide bonds. The number of aryl methyl sites for hydroxylation is 5. The molecule has 10 rings (SSSR count). The Bertz CT molecular complexity index is 2830. The number of para-hydroxylation sites is 1. The Labute approximate surface area is 339 Å². The van der Waals surface area contributed by atoms with E-state index in [0.717, 1.165) is 12.8 Å². The molecule has 57 heavy (non-hydrogen) atoms. The first-order valence-corrected chi connectivity index (χ1v) is 21.0. The van der Waals surface area contributed by atoms with Crippen molar-refractivity contribution in [2.24, 2.45) is 5.92 Å². The first-order chi connectivity index (χ1) is 27.2. The van der Waals surface area contributed by atoms with Gasteiger partial charge < -0.3 is 14.4 Å². The molecule has 5 aromatic carbocycles. The Kier molecular flexibility index (Phi) is 7.85. The molecule has 2 aliphatic heterocycles. The Morgan fingerprint density at radius 2 is 1.25 bits per heavy atom. The summed E-state index contributed by atoms with van der Waals surface area (Å²) in [5.74, 6) is 0.544. The minimum absolute atomic E-state index is 0.134. The van der Waals surface area contributed by atoms with Crippen LogP contribution in [0.5, 0.6) is 0 Å². The molecule has 0 radical (unpaired) electrons. The highest BCUT2D eigenvalue weighted by molar-refractivity contribution is 5.98. The van der Waals surface area contributed by atoms with Crippen molar-refractivity contribution in [2.45, 2.75) is 99.0 Å². The number of aromatic nitrogens is 1. The first kappa shape index (κ1) is 35.8. The zero-order chi connectivity index (χ0) is 39.7. The predicted molar refractivity (Wildman–Crippen MR) is 242 cm³/mol. The molecule has 1 aromatic heterocycles. The van der Waals surface area contributed by atoms with Gasteiger partial charge in [-0.3, -0.25) is 0 Å². The second-order valence-electron chi connectivity index (χ2n) is 18.8. The van der Waals surface area contributed by atoms with Crippen molar-refractivity contribution in [1.82, 2.24) is 4.57 Å². The third-order valence-corrected chi connectivity index (χ3v) is 13.6. The first-order valence-electron chi connectivity index (χ1n) is 21.0. The summed E-state index contributed by atoms with van der Waals surface area (Å²) in [7, 11) is 0. The van der Waals surface area contributed by atoms with Gasteiger partial charge in [0.05, 0.1) is 22.6 Å². The lowest BCUT2D eigenvalue weighted by molar-refractivity contribution is 0.584. The van der Waals surface area contributed by atoms with Crippen molar-refractivity contribution >= 4 is 45.3 Å². The van der Waals surface area contributed by atoms with Gasteiger partial charge in [0.25, 0.3) is 0 Å². The zero-order valence-electron chi connectivity index (χ0n) is 35.4. The average molecular weight is 746 g/mol. The molecule has 0 spiro atoms. The maximum Gasteiger partial charge on any atom is 0.0583 e. The lowest BCUT2D eigenvalue weighted by Crippen LogP contribution is -2.49. The van der Waals surface area contributed by atoms with Gasteiger partial charge >= 0.3 is 0 Å². The molecule has 4 aliphatic rings. The van der Waals surface area contributed by atoms with E-state index in [9.17, 15) is 0 Å². The quantitative estimate of drug-likeness (QED) is 0.168. The Balaban J connectivity index is 1.32. The molecular weight excluding hydrogens is 691 g/mol. The van der Waals surface area contributed by atoms with Gasteiger partial charge in [0.2, 0.25) is 0 Å². The number of benzene rings is 5. The Morgan fingerprint density at radius 3 is 1.88 bits per heavy atom.